The van der Waals surface area contributed by atoms with E-state index in [1.807, 2.05) is 0 Å². The summed E-state index contributed by atoms with van der Waals surface area (Å²) >= 11 is 0. The quantitative estimate of drug-likeness (QED) is 0.693. The number of hydrogen-bond donors (Lipinski definition) is 2. The monoisotopic (exact) mass is 402 g/mol. The van der Waals surface area contributed by atoms with Crippen molar-refractivity contribution in [3.8, 4) is 0 Å². The Balaban J connectivity index is 1.68. The van der Waals surface area contributed by atoms with Crippen LogP contribution >= 0.6 is 0 Å². The van der Waals surface area contributed by atoms with Crippen LogP contribution in [0, 0.1) is 0 Å². The highest BCUT2D eigenvalue weighted by molar-refractivity contribution is 5.89. The van der Waals surface area contributed by atoms with Crippen molar-refractivity contribution in [2.24, 2.45) is 0 Å². The minimum atomic E-state index is -1.44. The fourth-order valence-electron chi connectivity index (χ4n) is 2.96. The summed E-state index contributed by atoms with van der Waals surface area (Å²) in [5.74, 6) is -1.31. The molecule has 1 saturated heterocycles. The third-order valence-electron chi connectivity index (χ3n) is 4.51. The molecule has 0 unspecified atom stereocenters. The molecular formula is C21H22O8. The van der Waals surface area contributed by atoms with Gasteiger partial charge in [0.15, 0.2) is 12.4 Å². The number of esters is 2. The van der Waals surface area contributed by atoms with Crippen LogP contribution in [0.25, 0.3) is 0 Å². The van der Waals surface area contributed by atoms with Gasteiger partial charge in [0, 0.05) is 7.11 Å². The molecule has 8 nitrogen and oxygen atoms in total. The second-order valence-electron chi connectivity index (χ2n) is 6.46. The second kappa shape index (κ2) is 9.62. The maximum atomic E-state index is 12.3. The fraction of sp³-hybridized carbons (Fsp3) is 0.333. The first kappa shape index (κ1) is 20.9. The molecular weight excluding hydrogens is 380 g/mol. The molecule has 2 N–H and O–H groups in total. The van der Waals surface area contributed by atoms with Crippen molar-refractivity contribution in [2.45, 2.75) is 30.7 Å². The van der Waals surface area contributed by atoms with Crippen LogP contribution in [0.5, 0.6) is 0 Å². The van der Waals surface area contributed by atoms with Crippen LogP contribution in [0.2, 0.25) is 0 Å². The van der Waals surface area contributed by atoms with Crippen molar-refractivity contribution in [3.63, 3.8) is 0 Å². The fourth-order valence-corrected chi connectivity index (χ4v) is 2.96. The van der Waals surface area contributed by atoms with Gasteiger partial charge in [-0.05, 0) is 24.3 Å². The highest BCUT2D eigenvalue weighted by Gasteiger charge is 2.47. The number of benzene rings is 2. The first-order valence-electron chi connectivity index (χ1n) is 9.04. The Kier molecular flexibility index (Phi) is 6.95. The molecule has 5 atom stereocenters. The van der Waals surface area contributed by atoms with Crippen LogP contribution in [0.3, 0.4) is 0 Å². The zero-order valence-electron chi connectivity index (χ0n) is 15.7. The number of carbonyl (C=O) groups excluding carboxylic acids is 2. The van der Waals surface area contributed by atoms with Gasteiger partial charge in [-0.25, -0.2) is 9.59 Å². The van der Waals surface area contributed by atoms with E-state index in [4.69, 9.17) is 18.9 Å². The van der Waals surface area contributed by atoms with E-state index in [0.29, 0.717) is 5.56 Å². The van der Waals surface area contributed by atoms with Crippen molar-refractivity contribution in [1.82, 2.24) is 0 Å². The molecule has 8 heteroatoms. The van der Waals surface area contributed by atoms with Gasteiger partial charge in [0.2, 0.25) is 0 Å². The summed E-state index contributed by atoms with van der Waals surface area (Å²) in [5.41, 5.74) is 0.604. The predicted octanol–water partition coefficient (Wildman–Crippen LogP) is 1.16. The minimum absolute atomic E-state index is 0.263. The van der Waals surface area contributed by atoms with Crippen LogP contribution in [-0.2, 0) is 18.9 Å². The summed E-state index contributed by atoms with van der Waals surface area (Å²) in [6.07, 6.45) is -6.44. The summed E-state index contributed by atoms with van der Waals surface area (Å²) in [6.45, 7) is -0.319. The van der Waals surface area contributed by atoms with Crippen LogP contribution < -0.4 is 0 Å². The van der Waals surface area contributed by atoms with Gasteiger partial charge in [0.25, 0.3) is 0 Å². The van der Waals surface area contributed by atoms with E-state index in [0.717, 1.165) is 0 Å². The number of hydrogen-bond acceptors (Lipinski definition) is 8. The van der Waals surface area contributed by atoms with Crippen LogP contribution in [0.15, 0.2) is 60.7 Å². The minimum Gasteiger partial charge on any atom is -0.459 e. The normalized spacial score (nSPS) is 26.5. The Hall–Kier alpha value is -2.78. The molecule has 2 aromatic carbocycles. The van der Waals surface area contributed by atoms with Crippen molar-refractivity contribution >= 4 is 11.9 Å². The molecule has 1 aliphatic rings. The summed E-state index contributed by atoms with van der Waals surface area (Å²) in [5, 5.41) is 21.0. The molecule has 29 heavy (non-hydrogen) atoms. The SMILES string of the molecule is CO[C@H]1O[C@H](COC(=O)c2ccccc2)[C@@H](O)[C@@H](OC(=O)c2ccccc2)[C@H]1O. The highest BCUT2D eigenvalue weighted by atomic mass is 16.7. The maximum Gasteiger partial charge on any atom is 0.338 e. The van der Waals surface area contributed by atoms with E-state index in [-0.39, 0.29) is 12.2 Å². The van der Waals surface area contributed by atoms with E-state index >= 15 is 0 Å². The van der Waals surface area contributed by atoms with E-state index in [2.05, 4.69) is 0 Å². The average Bonchev–Trinajstić information content (AvgIpc) is 2.77. The van der Waals surface area contributed by atoms with E-state index in [9.17, 15) is 19.8 Å². The number of rotatable bonds is 6. The Morgan fingerprint density at radius 1 is 0.897 bits per heavy atom. The first-order valence-corrected chi connectivity index (χ1v) is 9.04. The van der Waals surface area contributed by atoms with Gasteiger partial charge in [-0.3, -0.25) is 0 Å². The predicted molar refractivity (Wildman–Crippen MR) is 100 cm³/mol. The van der Waals surface area contributed by atoms with Crippen molar-refractivity contribution in [2.75, 3.05) is 13.7 Å². The van der Waals surface area contributed by atoms with Gasteiger partial charge in [-0.2, -0.15) is 0 Å². The molecule has 1 heterocycles. The van der Waals surface area contributed by atoms with Crippen LogP contribution in [-0.4, -0.2) is 66.6 Å². The van der Waals surface area contributed by atoms with E-state index < -0.39 is 42.6 Å². The lowest BCUT2D eigenvalue weighted by Gasteiger charge is -2.41. The van der Waals surface area contributed by atoms with Crippen molar-refractivity contribution in [1.29, 1.82) is 0 Å². The summed E-state index contributed by atoms with van der Waals surface area (Å²) in [6, 6.07) is 16.5. The van der Waals surface area contributed by atoms with Gasteiger partial charge < -0.3 is 29.2 Å². The molecule has 154 valence electrons. The standard InChI is InChI=1S/C21H22O8/c1-26-21-17(23)18(29-20(25)14-10-6-3-7-11-14)16(22)15(28-21)12-27-19(24)13-8-4-2-5-9-13/h2-11,15-18,21-23H,12H2,1H3/t15-,16-,17-,18-,21+/m1/s1. The zero-order valence-corrected chi connectivity index (χ0v) is 15.7. The van der Waals surface area contributed by atoms with E-state index in [1.165, 1.54) is 7.11 Å². The summed E-state index contributed by atoms with van der Waals surface area (Å²) < 4.78 is 21.1. The Morgan fingerprint density at radius 3 is 2.00 bits per heavy atom. The average molecular weight is 402 g/mol. The van der Waals surface area contributed by atoms with Crippen LogP contribution in [0.4, 0.5) is 0 Å². The molecule has 2 aromatic rings. The van der Waals surface area contributed by atoms with Gasteiger partial charge >= 0.3 is 11.9 Å². The number of carbonyl (C=O) groups is 2. The Bertz CT molecular complexity index is 810. The van der Waals surface area contributed by atoms with E-state index in [1.54, 1.807) is 60.7 Å². The zero-order chi connectivity index (χ0) is 20.8. The van der Waals surface area contributed by atoms with Gasteiger partial charge in [0.05, 0.1) is 11.1 Å². The van der Waals surface area contributed by atoms with Crippen LogP contribution in [0.1, 0.15) is 20.7 Å². The smallest absolute Gasteiger partial charge is 0.338 e. The molecule has 0 radical (unpaired) electrons. The highest BCUT2D eigenvalue weighted by Crippen LogP contribution is 2.25. The first-order chi connectivity index (χ1) is 14.0. The molecule has 1 aliphatic heterocycles. The third-order valence-corrected chi connectivity index (χ3v) is 4.51. The second-order valence-corrected chi connectivity index (χ2v) is 6.46. The molecule has 0 saturated carbocycles. The summed E-state index contributed by atoms with van der Waals surface area (Å²) in [4.78, 5) is 24.5. The molecule has 0 aromatic heterocycles. The largest absolute Gasteiger partial charge is 0.459 e. The lowest BCUT2D eigenvalue weighted by molar-refractivity contribution is -0.293. The molecule has 0 spiro atoms. The topological polar surface area (TPSA) is 112 Å². The summed E-state index contributed by atoms with van der Waals surface area (Å²) in [7, 11) is 1.30. The van der Waals surface area contributed by atoms with Gasteiger partial charge in [-0.1, -0.05) is 36.4 Å². The number of ether oxygens (including phenoxy) is 4. The third kappa shape index (κ3) is 4.99. The Morgan fingerprint density at radius 2 is 1.45 bits per heavy atom. The lowest BCUT2D eigenvalue weighted by Crippen LogP contribution is -2.60. The maximum absolute atomic E-state index is 12.3. The van der Waals surface area contributed by atoms with Gasteiger partial charge in [-0.15, -0.1) is 0 Å². The Labute approximate surface area is 167 Å². The molecule has 0 bridgehead atoms. The molecule has 3 rings (SSSR count). The lowest BCUT2D eigenvalue weighted by atomic mass is 9.99. The number of aliphatic hydroxyl groups is 2. The molecule has 1 fully saturated rings. The van der Waals surface area contributed by atoms with Crippen molar-refractivity contribution < 1.29 is 38.7 Å². The number of methoxy groups -OCH3 is 1. The molecule has 0 aliphatic carbocycles. The number of aliphatic hydroxyl groups excluding tert-OH is 2. The van der Waals surface area contributed by atoms with Crippen molar-refractivity contribution in [3.05, 3.63) is 71.8 Å². The van der Waals surface area contributed by atoms with Gasteiger partial charge in [0.1, 0.15) is 24.9 Å². The molecule has 0 amide bonds.